The second-order valence-electron chi connectivity index (χ2n) is 6.05. The summed E-state index contributed by atoms with van der Waals surface area (Å²) in [6.45, 7) is 5.99. The van der Waals surface area contributed by atoms with Crippen molar-refractivity contribution in [3.63, 3.8) is 0 Å². The van der Waals surface area contributed by atoms with Gasteiger partial charge in [-0.3, -0.25) is 4.79 Å². The average Bonchev–Trinajstić information content (AvgIpc) is 3.16. The van der Waals surface area contributed by atoms with Crippen LogP contribution in [-0.2, 0) is 0 Å². The fourth-order valence-electron chi connectivity index (χ4n) is 2.89. The van der Waals surface area contributed by atoms with Crippen LogP contribution >= 0.6 is 0 Å². The first-order chi connectivity index (χ1) is 14.0. The zero-order valence-electron chi connectivity index (χ0n) is 16.3. The first kappa shape index (κ1) is 20.1. The van der Waals surface area contributed by atoms with E-state index in [0.29, 0.717) is 0 Å². The van der Waals surface area contributed by atoms with E-state index in [-0.39, 0.29) is 5.82 Å². The van der Waals surface area contributed by atoms with Gasteiger partial charge in [-0.15, -0.1) is 0 Å². The van der Waals surface area contributed by atoms with Crippen LogP contribution in [0.5, 0.6) is 0 Å². The van der Waals surface area contributed by atoms with Crippen molar-refractivity contribution in [3.8, 4) is 11.1 Å². The summed E-state index contributed by atoms with van der Waals surface area (Å²) in [5.74, 6) is -2.54. The van der Waals surface area contributed by atoms with E-state index < -0.39 is 23.1 Å². The molecule has 0 bridgehead atoms. The molecule has 0 unspecified atom stereocenters. The summed E-state index contributed by atoms with van der Waals surface area (Å²) < 4.78 is 29.2. The molecule has 1 aromatic carbocycles. The maximum atomic E-state index is 13.7. The smallest absolute Gasteiger partial charge is 0.262 e. The molecule has 0 spiro atoms. The van der Waals surface area contributed by atoms with Crippen LogP contribution in [-0.4, -0.2) is 20.5 Å². The van der Waals surface area contributed by atoms with Gasteiger partial charge in [-0.2, -0.15) is 5.10 Å². The number of nitrogens with zero attached hydrogens (tertiary/aromatic N) is 3. The number of rotatable bonds is 3. The van der Waals surface area contributed by atoms with Gasteiger partial charge in [-0.25, -0.2) is 18.3 Å². The lowest BCUT2D eigenvalue weighted by molar-refractivity contribution is 0.101. The van der Waals surface area contributed by atoms with E-state index in [1.807, 2.05) is 39.1 Å². The van der Waals surface area contributed by atoms with Crippen molar-refractivity contribution in [2.24, 2.45) is 0 Å². The van der Waals surface area contributed by atoms with Gasteiger partial charge in [0.05, 0.1) is 5.52 Å². The molecule has 0 aliphatic heterocycles. The first-order valence-electron chi connectivity index (χ1n) is 9.19. The minimum atomic E-state index is -0.924. The van der Waals surface area contributed by atoms with E-state index in [0.717, 1.165) is 34.3 Å². The Morgan fingerprint density at radius 3 is 2.45 bits per heavy atom. The molecule has 5 nitrogen and oxygen atoms in total. The zero-order valence-corrected chi connectivity index (χ0v) is 16.3. The number of fused-ring (bicyclic) bond motifs is 1. The molecule has 4 aromatic rings. The highest BCUT2D eigenvalue weighted by molar-refractivity contribution is 6.04. The molecule has 0 saturated carbocycles. The van der Waals surface area contributed by atoms with E-state index in [1.54, 1.807) is 29.0 Å². The zero-order chi connectivity index (χ0) is 21.0. The summed E-state index contributed by atoms with van der Waals surface area (Å²) in [4.78, 5) is 16.3. The molecule has 0 fully saturated rings. The summed E-state index contributed by atoms with van der Waals surface area (Å²) in [5.41, 5.74) is 3.18. The van der Waals surface area contributed by atoms with Crippen molar-refractivity contribution in [3.05, 3.63) is 83.8 Å². The molecule has 29 heavy (non-hydrogen) atoms. The fraction of sp³-hybridized carbons (Fsp3) is 0.136. The Hall–Kier alpha value is -3.61. The van der Waals surface area contributed by atoms with Gasteiger partial charge in [0.25, 0.3) is 5.91 Å². The lowest BCUT2D eigenvalue weighted by Gasteiger charge is -2.09. The highest BCUT2D eigenvalue weighted by Crippen LogP contribution is 2.25. The molecular weight excluding hydrogens is 374 g/mol. The average molecular weight is 394 g/mol. The lowest BCUT2D eigenvalue weighted by atomic mass is 10.0. The second-order valence-corrected chi connectivity index (χ2v) is 6.05. The Balaban J connectivity index is 0.00000117. The number of hydrogen-bond acceptors (Lipinski definition) is 3. The molecule has 1 amide bonds. The van der Waals surface area contributed by atoms with Crippen LogP contribution in [0.4, 0.5) is 14.6 Å². The van der Waals surface area contributed by atoms with Crippen molar-refractivity contribution >= 4 is 17.2 Å². The third-order valence-corrected chi connectivity index (χ3v) is 4.25. The van der Waals surface area contributed by atoms with Gasteiger partial charge in [0.15, 0.2) is 0 Å². The van der Waals surface area contributed by atoms with E-state index in [1.165, 1.54) is 6.07 Å². The number of halogens is 2. The van der Waals surface area contributed by atoms with Crippen molar-refractivity contribution in [2.75, 3.05) is 5.32 Å². The van der Waals surface area contributed by atoms with Crippen molar-refractivity contribution < 1.29 is 13.6 Å². The third-order valence-electron chi connectivity index (χ3n) is 4.25. The SMILES string of the molecule is CC.Cc1cc2ccnn2cc1-c1ccc(NC(=O)c2c(F)cccc2F)nc1. The highest BCUT2D eigenvalue weighted by Gasteiger charge is 2.17. The number of aryl methyl sites for hydroxylation is 1. The number of pyridine rings is 2. The molecule has 148 valence electrons. The molecule has 0 aliphatic rings. The van der Waals surface area contributed by atoms with Gasteiger partial charge < -0.3 is 5.32 Å². The number of benzene rings is 1. The van der Waals surface area contributed by atoms with Crippen LogP contribution in [0.3, 0.4) is 0 Å². The number of hydrogen-bond donors (Lipinski definition) is 1. The van der Waals surface area contributed by atoms with E-state index >= 15 is 0 Å². The Kier molecular flexibility index (Phi) is 5.97. The summed E-state index contributed by atoms with van der Waals surface area (Å²) in [6.07, 6.45) is 5.21. The number of anilines is 1. The topological polar surface area (TPSA) is 59.3 Å². The molecule has 0 saturated heterocycles. The van der Waals surface area contributed by atoms with Crippen LogP contribution in [0.25, 0.3) is 16.6 Å². The van der Waals surface area contributed by atoms with Gasteiger partial charge >= 0.3 is 0 Å². The van der Waals surface area contributed by atoms with Crippen molar-refractivity contribution in [1.82, 2.24) is 14.6 Å². The molecule has 0 atom stereocenters. The maximum absolute atomic E-state index is 13.7. The van der Waals surface area contributed by atoms with Crippen LogP contribution in [0, 0.1) is 18.6 Å². The Morgan fingerprint density at radius 1 is 1.07 bits per heavy atom. The maximum Gasteiger partial charge on any atom is 0.262 e. The lowest BCUT2D eigenvalue weighted by Crippen LogP contribution is -2.16. The minimum absolute atomic E-state index is 0.198. The quantitative estimate of drug-likeness (QED) is 0.516. The minimum Gasteiger partial charge on any atom is -0.306 e. The molecule has 4 rings (SSSR count). The molecular formula is C22H20F2N4O. The summed E-state index contributed by atoms with van der Waals surface area (Å²) in [7, 11) is 0. The van der Waals surface area contributed by atoms with Crippen LogP contribution in [0.15, 0.2) is 61.1 Å². The molecule has 3 heterocycles. The van der Waals surface area contributed by atoms with Gasteiger partial charge in [-0.1, -0.05) is 19.9 Å². The molecule has 3 aromatic heterocycles. The number of carbonyl (C=O) groups is 1. The van der Waals surface area contributed by atoms with Crippen molar-refractivity contribution in [1.29, 1.82) is 0 Å². The summed E-state index contributed by atoms with van der Waals surface area (Å²) in [6, 6.07) is 10.5. The predicted molar refractivity (Wildman–Crippen MR) is 109 cm³/mol. The van der Waals surface area contributed by atoms with Gasteiger partial charge in [-0.05, 0) is 48.9 Å². The Morgan fingerprint density at radius 2 is 1.79 bits per heavy atom. The van der Waals surface area contributed by atoms with Gasteiger partial charge in [0, 0.05) is 29.7 Å². The fourth-order valence-corrected chi connectivity index (χ4v) is 2.89. The van der Waals surface area contributed by atoms with E-state index in [2.05, 4.69) is 15.4 Å². The van der Waals surface area contributed by atoms with Crippen LogP contribution in [0.1, 0.15) is 29.8 Å². The number of amides is 1. The highest BCUT2D eigenvalue weighted by atomic mass is 19.1. The molecule has 0 radical (unpaired) electrons. The van der Waals surface area contributed by atoms with E-state index in [4.69, 9.17) is 0 Å². The third kappa shape index (κ3) is 4.13. The van der Waals surface area contributed by atoms with Gasteiger partial charge in [0.2, 0.25) is 0 Å². The first-order valence-corrected chi connectivity index (χ1v) is 9.19. The van der Waals surface area contributed by atoms with Crippen LogP contribution in [0.2, 0.25) is 0 Å². The van der Waals surface area contributed by atoms with E-state index in [9.17, 15) is 13.6 Å². The number of aromatic nitrogens is 3. The number of carbonyl (C=O) groups excluding carboxylic acids is 1. The Labute approximate surface area is 167 Å². The summed E-state index contributed by atoms with van der Waals surface area (Å²) in [5, 5.41) is 6.63. The number of nitrogens with one attached hydrogen (secondary N) is 1. The largest absolute Gasteiger partial charge is 0.306 e. The molecule has 7 heteroatoms. The monoisotopic (exact) mass is 394 g/mol. The van der Waals surface area contributed by atoms with Crippen molar-refractivity contribution in [2.45, 2.75) is 20.8 Å². The predicted octanol–water partition coefficient (Wildman–Crippen LogP) is 5.26. The second kappa shape index (κ2) is 8.60. The normalized spacial score (nSPS) is 10.4. The molecule has 1 N–H and O–H groups in total. The van der Waals surface area contributed by atoms with Gasteiger partial charge in [0.1, 0.15) is 23.0 Å². The van der Waals surface area contributed by atoms with Crippen LogP contribution < -0.4 is 5.32 Å². The Bertz CT molecular complexity index is 1130. The molecule has 0 aliphatic carbocycles. The standard InChI is InChI=1S/C20H14F2N4O.C2H6/c1-12-9-14-7-8-24-26(14)11-15(12)13-5-6-18(23-10-13)25-20(27)19-16(21)3-2-4-17(19)22;1-2/h2-11H,1H3,(H,23,25,27);1-2H3. The summed E-state index contributed by atoms with van der Waals surface area (Å²) >= 11 is 0.